The van der Waals surface area contributed by atoms with E-state index in [1.54, 1.807) is 7.11 Å². The van der Waals surface area contributed by atoms with Crippen LogP contribution < -0.4 is 10.1 Å². The van der Waals surface area contributed by atoms with Crippen molar-refractivity contribution in [1.82, 2.24) is 5.32 Å². The van der Waals surface area contributed by atoms with Gasteiger partial charge in [0.1, 0.15) is 5.75 Å². The monoisotopic (exact) mass is 221 g/mol. The average Bonchev–Trinajstić information content (AvgIpc) is 2.29. The SMILES string of the molecule is COc1ccc(CCCNCC(C)C)cc1. The molecule has 0 aliphatic rings. The summed E-state index contributed by atoms with van der Waals surface area (Å²) >= 11 is 0. The average molecular weight is 221 g/mol. The molecule has 0 spiro atoms. The van der Waals surface area contributed by atoms with Crippen LogP contribution in [0.2, 0.25) is 0 Å². The Kier molecular flexibility index (Phi) is 5.94. The van der Waals surface area contributed by atoms with E-state index in [4.69, 9.17) is 4.74 Å². The number of ether oxygens (including phenoxy) is 1. The molecule has 2 heteroatoms. The van der Waals surface area contributed by atoms with Gasteiger partial charge in [0.05, 0.1) is 7.11 Å². The van der Waals surface area contributed by atoms with E-state index in [0.717, 1.165) is 31.2 Å². The van der Waals surface area contributed by atoms with Crippen LogP contribution in [-0.2, 0) is 6.42 Å². The third-order valence-corrected chi connectivity index (χ3v) is 2.53. The molecule has 0 heterocycles. The quantitative estimate of drug-likeness (QED) is 0.715. The summed E-state index contributed by atoms with van der Waals surface area (Å²) in [5.41, 5.74) is 1.38. The Hall–Kier alpha value is -1.02. The second kappa shape index (κ2) is 7.29. The molecule has 1 rings (SSSR count). The van der Waals surface area contributed by atoms with E-state index in [2.05, 4.69) is 31.3 Å². The molecule has 1 aromatic carbocycles. The normalized spacial score (nSPS) is 10.8. The molecular weight excluding hydrogens is 198 g/mol. The molecule has 0 amide bonds. The topological polar surface area (TPSA) is 21.3 Å². The molecular formula is C14H23NO. The van der Waals surface area contributed by atoms with Crippen LogP contribution >= 0.6 is 0 Å². The highest BCUT2D eigenvalue weighted by atomic mass is 16.5. The molecule has 0 saturated carbocycles. The van der Waals surface area contributed by atoms with Crippen molar-refractivity contribution in [3.63, 3.8) is 0 Å². The van der Waals surface area contributed by atoms with Crippen LogP contribution in [0.4, 0.5) is 0 Å². The Balaban J connectivity index is 2.16. The molecule has 0 aliphatic carbocycles. The van der Waals surface area contributed by atoms with Crippen molar-refractivity contribution in [2.24, 2.45) is 5.92 Å². The van der Waals surface area contributed by atoms with Crippen molar-refractivity contribution in [1.29, 1.82) is 0 Å². The molecule has 0 saturated heterocycles. The van der Waals surface area contributed by atoms with Crippen LogP contribution in [0, 0.1) is 5.92 Å². The number of methoxy groups -OCH3 is 1. The van der Waals surface area contributed by atoms with Gasteiger partial charge in [-0.15, -0.1) is 0 Å². The summed E-state index contributed by atoms with van der Waals surface area (Å²) in [4.78, 5) is 0. The lowest BCUT2D eigenvalue weighted by Crippen LogP contribution is -2.21. The fourth-order valence-electron chi connectivity index (χ4n) is 1.60. The Morgan fingerprint density at radius 3 is 2.44 bits per heavy atom. The second-order valence-corrected chi connectivity index (χ2v) is 4.55. The standard InChI is InChI=1S/C14H23NO/c1-12(2)11-15-10-4-5-13-6-8-14(16-3)9-7-13/h6-9,12,15H,4-5,10-11H2,1-3H3. The first kappa shape index (κ1) is 13.0. The molecule has 0 aromatic heterocycles. The summed E-state index contributed by atoms with van der Waals surface area (Å²) in [5.74, 6) is 1.67. The predicted molar refractivity (Wildman–Crippen MR) is 69.0 cm³/mol. The Morgan fingerprint density at radius 1 is 1.19 bits per heavy atom. The molecule has 0 bridgehead atoms. The highest BCUT2D eigenvalue weighted by Gasteiger charge is 1.96. The molecule has 0 atom stereocenters. The smallest absolute Gasteiger partial charge is 0.118 e. The van der Waals surface area contributed by atoms with Gasteiger partial charge in [0, 0.05) is 0 Å². The lowest BCUT2D eigenvalue weighted by atomic mass is 10.1. The zero-order valence-corrected chi connectivity index (χ0v) is 10.6. The Bertz CT molecular complexity index is 279. The molecule has 16 heavy (non-hydrogen) atoms. The first-order valence-corrected chi connectivity index (χ1v) is 6.06. The third-order valence-electron chi connectivity index (χ3n) is 2.53. The third kappa shape index (κ3) is 5.17. The molecule has 90 valence electrons. The van der Waals surface area contributed by atoms with Gasteiger partial charge in [-0.25, -0.2) is 0 Å². The van der Waals surface area contributed by atoms with Crippen molar-refractivity contribution < 1.29 is 4.74 Å². The largest absolute Gasteiger partial charge is 0.497 e. The molecule has 0 radical (unpaired) electrons. The number of aryl methyl sites for hydroxylation is 1. The predicted octanol–water partition coefficient (Wildman–Crippen LogP) is 2.87. The number of rotatable bonds is 7. The van der Waals surface area contributed by atoms with E-state index in [1.807, 2.05) is 12.1 Å². The molecule has 1 N–H and O–H groups in total. The van der Waals surface area contributed by atoms with Gasteiger partial charge in [-0.1, -0.05) is 26.0 Å². The van der Waals surface area contributed by atoms with Crippen molar-refractivity contribution in [3.8, 4) is 5.75 Å². The fourth-order valence-corrected chi connectivity index (χ4v) is 1.60. The maximum Gasteiger partial charge on any atom is 0.118 e. The van der Waals surface area contributed by atoms with Crippen LogP contribution in [0.15, 0.2) is 24.3 Å². The first-order chi connectivity index (χ1) is 7.72. The van der Waals surface area contributed by atoms with E-state index in [0.29, 0.717) is 0 Å². The lowest BCUT2D eigenvalue weighted by molar-refractivity contribution is 0.414. The van der Waals surface area contributed by atoms with E-state index in [-0.39, 0.29) is 0 Å². The van der Waals surface area contributed by atoms with Crippen molar-refractivity contribution >= 4 is 0 Å². The Labute approximate surface area is 99.0 Å². The van der Waals surface area contributed by atoms with Gasteiger partial charge >= 0.3 is 0 Å². The minimum atomic E-state index is 0.737. The minimum Gasteiger partial charge on any atom is -0.497 e. The fraction of sp³-hybridized carbons (Fsp3) is 0.571. The molecule has 1 aromatic rings. The molecule has 0 unspecified atom stereocenters. The van der Waals surface area contributed by atoms with Gasteiger partial charge in [-0.3, -0.25) is 0 Å². The number of hydrogen-bond acceptors (Lipinski definition) is 2. The number of benzene rings is 1. The summed E-state index contributed by atoms with van der Waals surface area (Å²) in [6, 6.07) is 8.33. The number of hydrogen-bond donors (Lipinski definition) is 1. The first-order valence-electron chi connectivity index (χ1n) is 6.06. The molecule has 0 aliphatic heterocycles. The van der Waals surface area contributed by atoms with E-state index >= 15 is 0 Å². The summed E-state index contributed by atoms with van der Waals surface area (Å²) < 4.78 is 5.13. The van der Waals surface area contributed by atoms with Crippen LogP contribution in [-0.4, -0.2) is 20.2 Å². The van der Waals surface area contributed by atoms with Gasteiger partial charge in [0.25, 0.3) is 0 Å². The maximum atomic E-state index is 5.13. The van der Waals surface area contributed by atoms with E-state index in [9.17, 15) is 0 Å². The van der Waals surface area contributed by atoms with Gasteiger partial charge in [-0.2, -0.15) is 0 Å². The second-order valence-electron chi connectivity index (χ2n) is 4.55. The Morgan fingerprint density at radius 2 is 1.88 bits per heavy atom. The zero-order chi connectivity index (χ0) is 11.8. The highest BCUT2D eigenvalue weighted by molar-refractivity contribution is 5.27. The van der Waals surface area contributed by atoms with Crippen molar-refractivity contribution in [2.45, 2.75) is 26.7 Å². The zero-order valence-electron chi connectivity index (χ0n) is 10.6. The van der Waals surface area contributed by atoms with Gasteiger partial charge in [0.2, 0.25) is 0 Å². The summed E-state index contributed by atoms with van der Waals surface area (Å²) in [6.45, 7) is 6.68. The summed E-state index contributed by atoms with van der Waals surface area (Å²) in [6.07, 6.45) is 2.33. The minimum absolute atomic E-state index is 0.737. The van der Waals surface area contributed by atoms with Gasteiger partial charge < -0.3 is 10.1 Å². The van der Waals surface area contributed by atoms with Crippen LogP contribution in [0.3, 0.4) is 0 Å². The summed E-state index contributed by atoms with van der Waals surface area (Å²) in [7, 11) is 1.70. The van der Waals surface area contributed by atoms with Crippen molar-refractivity contribution in [2.75, 3.05) is 20.2 Å². The maximum absolute atomic E-state index is 5.13. The van der Waals surface area contributed by atoms with E-state index in [1.165, 1.54) is 12.0 Å². The van der Waals surface area contributed by atoms with Gasteiger partial charge in [0.15, 0.2) is 0 Å². The number of nitrogens with one attached hydrogen (secondary N) is 1. The highest BCUT2D eigenvalue weighted by Crippen LogP contribution is 2.12. The summed E-state index contributed by atoms with van der Waals surface area (Å²) in [5, 5.41) is 3.45. The lowest BCUT2D eigenvalue weighted by Gasteiger charge is -2.07. The van der Waals surface area contributed by atoms with Crippen LogP contribution in [0.5, 0.6) is 5.75 Å². The van der Waals surface area contributed by atoms with Crippen LogP contribution in [0.25, 0.3) is 0 Å². The van der Waals surface area contributed by atoms with E-state index < -0.39 is 0 Å². The molecule has 0 fully saturated rings. The van der Waals surface area contributed by atoms with Gasteiger partial charge in [-0.05, 0) is 49.5 Å². The van der Waals surface area contributed by atoms with Crippen LogP contribution in [0.1, 0.15) is 25.8 Å². The van der Waals surface area contributed by atoms with Crippen molar-refractivity contribution in [3.05, 3.63) is 29.8 Å². The molecule has 2 nitrogen and oxygen atoms in total.